The fraction of sp³-hybridized carbons (Fsp3) is 0.118. The molecule has 122 valence electrons. The van der Waals surface area contributed by atoms with Crippen molar-refractivity contribution in [3.63, 3.8) is 0 Å². The number of nitriles is 1. The molecule has 2 aromatic carbocycles. The first-order valence-corrected chi connectivity index (χ1v) is 7.31. The molecule has 5 nitrogen and oxygen atoms in total. The monoisotopic (exact) mass is 345 g/mol. The Labute approximate surface area is 143 Å². The van der Waals surface area contributed by atoms with Gasteiger partial charge in [0.05, 0.1) is 16.7 Å². The number of amides is 2. The van der Waals surface area contributed by atoms with Crippen LogP contribution in [0.2, 0.25) is 5.02 Å². The van der Waals surface area contributed by atoms with Crippen LogP contribution in [0, 0.1) is 17.1 Å². The highest BCUT2D eigenvalue weighted by atomic mass is 35.5. The summed E-state index contributed by atoms with van der Waals surface area (Å²) in [6.07, 6.45) is 0. The third-order valence-electron chi connectivity index (χ3n) is 3.17. The smallest absolute Gasteiger partial charge is 0.244 e. The van der Waals surface area contributed by atoms with Gasteiger partial charge in [-0.25, -0.2) is 4.39 Å². The molecule has 0 aliphatic heterocycles. The third kappa shape index (κ3) is 4.31. The molecule has 0 heterocycles. The average Bonchev–Trinajstić information content (AvgIpc) is 2.56. The number of halogens is 2. The normalized spacial score (nSPS) is 9.92. The Morgan fingerprint density at radius 2 is 2.04 bits per heavy atom. The molecule has 0 atom stereocenters. The molecule has 7 heteroatoms. The first-order valence-electron chi connectivity index (χ1n) is 6.94. The number of nitrogens with zero attached hydrogens (tertiary/aromatic N) is 2. The van der Waals surface area contributed by atoms with E-state index in [1.165, 1.54) is 30.0 Å². The van der Waals surface area contributed by atoms with Gasteiger partial charge < -0.3 is 10.2 Å². The molecule has 0 bridgehead atoms. The minimum absolute atomic E-state index is 0.113. The van der Waals surface area contributed by atoms with E-state index < -0.39 is 11.7 Å². The summed E-state index contributed by atoms with van der Waals surface area (Å²) < 4.78 is 13.1. The Kier molecular flexibility index (Phi) is 5.51. The number of hydrogen-bond donors (Lipinski definition) is 1. The molecule has 1 N–H and O–H groups in total. The predicted molar refractivity (Wildman–Crippen MR) is 89.2 cm³/mol. The summed E-state index contributed by atoms with van der Waals surface area (Å²) in [6, 6.07) is 12.1. The molecule has 0 spiro atoms. The molecule has 0 aliphatic carbocycles. The first-order chi connectivity index (χ1) is 11.4. The molecule has 0 aromatic heterocycles. The highest BCUT2D eigenvalue weighted by Crippen LogP contribution is 2.20. The van der Waals surface area contributed by atoms with Gasteiger partial charge in [-0.15, -0.1) is 0 Å². The van der Waals surface area contributed by atoms with Crippen LogP contribution in [0.15, 0.2) is 42.5 Å². The second-order valence-electron chi connectivity index (χ2n) is 4.94. The van der Waals surface area contributed by atoms with Gasteiger partial charge in [0, 0.05) is 18.3 Å². The molecule has 0 fully saturated rings. The number of hydrogen-bond acceptors (Lipinski definition) is 3. The molecule has 0 unspecified atom stereocenters. The lowest BCUT2D eigenvalue weighted by Crippen LogP contribution is -2.36. The van der Waals surface area contributed by atoms with E-state index in [1.54, 1.807) is 18.2 Å². The molecule has 2 amide bonds. The lowest BCUT2D eigenvalue weighted by atomic mass is 10.2. The SMILES string of the molecule is CC(=O)N(CC(=O)Nc1ccc(F)c(Cl)c1)c1cccc(C#N)c1. The van der Waals surface area contributed by atoms with Gasteiger partial charge >= 0.3 is 0 Å². The maximum Gasteiger partial charge on any atom is 0.244 e. The van der Waals surface area contributed by atoms with Crippen molar-refractivity contribution in [2.75, 3.05) is 16.8 Å². The van der Waals surface area contributed by atoms with Gasteiger partial charge in [-0.2, -0.15) is 5.26 Å². The fourth-order valence-corrected chi connectivity index (χ4v) is 2.23. The van der Waals surface area contributed by atoms with Crippen molar-refractivity contribution in [2.45, 2.75) is 6.92 Å². The predicted octanol–water partition coefficient (Wildman–Crippen LogP) is 3.34. The van der Waals surface area contributed by atoms with Gasteiger partial charge in [0.2, 0.25) is 11.8 Å². The molecular formula is C17H13ClFN3O2. The Hall–Kier alpha value is -2.91. The van der Waals surface area contributed by atoms with E-state index in [4.69, 9.17) is 16.9 Å². The van der Waals surface area contributed by atoms with E-state index in [0.29, 0.717) is 16.9 Å². The van der Waals surface area contributed by atoms with Crippen LogP contribution in [-0.2, 0) is 9.59 Å². The quantitative estimate of drug-likeness (QED) is 0.923. The number of benzene rings is 2. The van der Waals surface area contributed by atoms with Crippen LogP contribution in [0.1, 0.15) is 12.5 Å². The lowest BCUT2D eigenvalue weighted by Gasteiger charge is -2.21. The van der Waals surface area contributed by atoms with Crippen molar-refractivity contribution >= 4 is 34.8 Å². The van der Waals surface area contributed by atoms with Crippen LogP contribution < -0.4 is 10.2 Å². The van der Waals surface area contributed by atoms with E-state index in [2.05, 4.69) is 5.32 Å². The number of anilines is 2. The van der Waals surface area contributed by atoms with E-state index in [-0.39, 0.29) is 17.5 Å². The Morgan fingerprint density at radius 1 is 1.29 bits per heavy atom. The Bertz CT molecular complexity index is 833. The molecule has 0 radical (unpaired) electrons. The summed E-state index contributed by atoms with van der Waals surface area (Å²) in [5, 5.41) is 11.4. The third-order valence-corrected chi connectivity index (χ3v) is 3.46. The van der Waals surface area contributed by atoms with Crippen molar-refractivity contribution in [1.29, 1.82) is 5.26 Å². The second-order valence-corrected chi connectivity index (χ2v) is 5.35. The van der Waals surface area contributed by atoms with Gasteiger partial charge in [-0.3, -0.25) is 9.59 Å². The molecule has 24 heavy (non-hydrogen) atoms. The van der Waals surface area contributed by atoms with E-state index in [1.807, 2.05) is 6.07 Å². The summed E-state index contributed by atoms with van der Waals surface area (Å²) >= 11 is 5.66. The van der Waals surface area contributed by atoms with Crippen LogP contribution in [0.25, 0.3) is 0 Å². The summed E-state index contributed by atoms with van der Waals surface area (Å²) in [5.41, 5.74) is 1.14. The zero-order chi connectivity index (χ0) is 17.7. The van der Waals surface area contributed by atoms with Crippen LogP contribution in [0.4, 0.5) is 15.8 Å². The van der Waals surface area contributed by atoms with Gasteiger partial charge in [-0.1, -0.05) is 17.7 Å². The van der Waals surface area contributed by atoms with Crippen LogP contribution >= 0.6 is 11.6 Å². The van der Waals surface area contributed by atoms with Crippen molar-refractivity contribution in [1.82, 2.24) is 0 Å². The molecule has 0 aliphatic rings. The van der Waals surface area contributed by atoms with Crippen molar-refractivity contribution in [3.05, 3.63) is 58.9 Å². The molecule has 2 aromatic rings. The standard InChI is InChI=1S/C17H13ClFN3O2/c1-11(23)22(14-4-2-3-12(7-14)9-20)10-17(24)21-13-5-6-16(19)15(18)8-13/h2-8H,10H2,1H3,(H,21,24). The van der Waals surface area contributed by atoms with Crippen LogP contribution in [0.3, 0.4) is 0 Å². The zero-order valence-electron chi connectivity index (χ0n) is 12.7. The highest BCUT2D eigenvalue weighted by Gasteiger charge is 2.16. The minimum Gasteiger partial charge on any atom is -0.324 e. The van der Waals surface area contributed by atoms with Crippen molar-refractivity contribution < 1.29 is 14.0 Å². The summed E-state index contributed by atoms with van der Waals surface area (Å²) in [6.45, 7) is 1.07. The van der Waals surface area contributed by atoms with Gasteiger partial charge in [-0.05, 0) is 36.4 Å². The van der Waals surface area contributed by atoms with Crippen LogP contribution in [0.5, 0.6) is 0 Å². The maximum atomic E-state index is 13.1. The Balaban J connectivity index is 2.15. The molecular weight excluding hydrogens is 333 g/mol. The average molecular weight is 346 g/mol. The Morgan fingerprint density at radius 3 is 2.67 bits per heavy atom. The lowest BCUT2D eigenvalue weighted by molar-refractivity contribution is -0.120. The van der Waals surface area contributed by atoms with E-state index in [9.17, 15) is 14.0 Å². The number of rotatable bonds is 4. The highest BCUT2D eigenvalue weighted by molar-refractivity contribution is 6.31. The fourth-order valence-electron chi connectivity index (χ4n) is 2.05. The van der Waals surface area contributed by atoms with Gasteiger partial charge in [0.25, 0.3) is 0 Å². The number of nitrogens with one attached hydrogen (secondary N) is 1. The summed E-state index contributed by atoms with van der Waals surface area (Å²) in [4.78, 5) is 25.2. The van der Waals surface area contributed by atoms with Gasteiger partial charge in [0.15, 0.2) is 0 Å². The maximum absolute atomic E-state index is 13.1. The first kappa shape index (κ1) is 17.4. The van der Waals surface area contributed by atoms with Gasteiger partial charge in [0.1, 0.15) is 12.4 Å². The topological polar surface area (TPSA) is 73.2 Å². The van der Waals surface area contributed by atoms with E-state index in [0.717, 1.165) is 6.07 Å². The van der Waals surface area contributed by atoms with E-state index >= 15 is 0 Å². The molecule has 0 saturated heterocycles. The summed E-state index contributed by atoms with van der Waals surface area (Å²) in [7, 11) is 0. The number of carbonyl (C=O) groups is 2. The van der Waals surface area contributed by atoms with Crippen LogP contribution in [-0.4, -0.2) is 18.4 Å². The van der Waals surface area contributed by atoms with Crippen molar-refractivity contribution in [2.24, 2.45) is 0 Å². The zero-order valence-corrected chi connectivity index (χ0v) is 13.5. The minimum atomic E-state index is -0.589. The largest absolute Gasteiger partial charge is 0.324 e. The molecule has 0 saturated carbocycles. The summed E-state index contributed by atoms with van der Waals surface area (Å²) in [5.74, 6) is -1.42. The number of carbonyl (C=O) groups excluding carboxylic acids is 2. The molecule has 2 rings (SSSR count). The van der Waals surface area contributed by atoms with Crippen molar-refractivity contribution in [3.8, 4) is 6.07 Å². The second kappa shape index (κ2) is 7.57.